The third-order valence-electron chi connectivity index (χ3n) is 3.97. The first-order chi connectivity index (χ1) is 11.8. The van der Waals surface area contributed by atoms with Crippen molar-refractivity contribution in [3.8, 4) is 0 Å². The normalized spacial score (nSPS) is 15.1. The number of amides is 2. The molecule has 2 unspecified atom stereocenters. The minimum Gasteiger partial charge on any atom is -0.430 e. The summed E-state index contributed by atoms with van der Waals surface area (Å²) in [7, 11) is 1.83. The first-order valence-electron chi connectivity index (χ1n) is 8.63. The van der Waals surface area contributed by atoms with Crippen molar-refractivity contribution >= 4 is 29.5 Å². The van der Waals surface area contributed by atoms with Crippen LogP contribution in [0.5, 0.6) is 0 Å². The van der Waals surface area contributed by atoms with Crippen molar-refractivity contribution in [1.82, 2.24) is 0 Å². The van der Waals surface area contributed by atoms with E-state index in [-0.39, 0.29) is 16.6 Å². The monoisotopic (exact) mass is 385 g/mol. The van der Waals surface area contributed by atoms with Crippen LogP contribution in [-0.2, 0) is 16.0 Å². The minimum absolute atomic E-state index is 0.0206. The molecular weight excluding hydrogens is 356 g/mol. The highest BCUT2D eigenvalue weighted by molar-refractivity contribution is 6.20. The Morgan fingerprint density at radius 1 is 1.19 bits per heavy atom. The zero-order chi connectivity index (χ0) is 20.1. The Bertz CT molecular complexity index is 641. The van der Waals surface area contributed by atoms with Crippen LogP contribution in [0.25, 0.3) is 0 Å². The van der Waals surface area contributed by atoms with Gasteiger partial charge in [-0.05, 0) is 47.6 Å². The van der Waals surface area contributed by atoms with Gasteiger partial charge in [-0.25, -0.2) is 9.28 Å². The van der Waals surface area contributed by atoms with E-state index in [1.807, 2.05) is 53.8 Å². The van der Waals surface area contributed by atoms with E-state index in [1.54, 1.807) is 19.1 Å². The zero-order valence-electron chi connectivity index (χ0n) is 16.6. The maximum absolute atomic E-state index is 12.8. The van der Waals surface area contributed by atoms with Gasteiger partial charge in [-0.1, -0.05) is 29.8 Å². The van der Waals surface area contributed by atoms with Gasteiger partial charge in [0.1, 0.15) is 12.1 Å². The molecule has 0 heterocycles. The molecule has 6 nitrogen and oxygen atoms in total. The van der Waals surface area contributed by atoms with Crippen LogP contribution in [0, 0.1) is 0 Å². The Labute approximate surface area is 161 Å². The van der Waals surface area contributed by atoms with Gasteiger partial charge in [0.2, 0.25) is 0 Å². The number of nitrogens with one attached hydrogen (secondary N) is 1. The van der Waals surface area contributed by atoms with Crippen LogP contribution in [0.15, 0.2) is 24.3 Å². The first kappa shape index (κ1) is 22.3. The lowest BCUT2D eigenvalue weighted by Crippen LogP contribution is -2.55. The smallest absolute Gasteiger partial charge is 0.430 e. The third-order valence-corrected chi connectivity index (χ3v) is 4.06. The van der Waals surface area contributed by atoms with Crippen molar-refractivity contribution in [1.29, 1.82) is 0 Å². The summed E-state index contributed by atoms with van der Waals surface area (Å²) < 4.78 is 10.6. The first-order valence-corrected chi connectivity index (χ1v) is 9.07. The van der Waals surface area contributed by atoms with Gasteiger partial charge < -0.3 is 9.47 Å². The summed E-state index contributed by atoms with van der Waals surface area (Å²) >= 11 is 5.68. The number of carbonyl (C=O) groups excluding carboxylic acids is 2. The third kappa shape index (κ3) is 6.50. The number of halogens is 1. The number of hydrogen-bond acceptors (Lipinski definition) is 4. The van der Waals surface area contributed by atoms with Gasteiger partial charge in [-0.15, -0.1) is 0 Å². The molecular formula is C19H30ClN2O4+. The number of hydrogen-bond donors (Lipinski definition) is 1. The molecule has 2 atom stereocenters. The van der Waals surface area contributed by atoms with Crippen LogP contribution in [0.3, 0.4) is 0 Å². The molecule has 0 saturated heterocycles. The number of para-hydroxylation sites is 1. The summed E-state index contributed by atoms with van der Waals surface area (Å²) in [6, 6.07) is 7.26. The number of alkyl halides is 1. The van der Waals surface area contributed by atoms with E-state index >= 15 is 0 Å². The molecule has 26 heavy (non-hydrogen) atoms. The number of benzene rings is 1. The van der Waals surface area contributed by atoms with Crippen molar-refractivity contribution < 1.29 is 23.5 Å². The molecule has 1 aromatic carbocycles. The second-order valence-electron chi connectivity index (χ2n) is 7.73. The summed E-state index contributed by atoms with van der Waals surface area (Å²) in [6.45, 7) is 11.4. The average Bonchev–Trinajstić information content (AvgIpc) is 2.46. The molecule has 0 aliphatic rings. The van der Waals surface area contributed by atoms with Crippen LogP contribution in [0.4, 0.5) is 15.3 Å². The summed E-state index contributed by atoms with van der Waals surface area (Å²) in [5.74, 6) is 0. The molecule has 0 aliphatic heterocycles. The summed E-state index contributed by atoms with van der Waals surface area (Å²) in [4.78, 5) is 24.7. The summed E-state index contributed by atoms with van der Waals surface area (Å²) in [6.07, 6.45) is -0.963. The Hall–Kier alpha value is -1.79. The molecule has 7 heteroatoms. The highest BCUT2D eigenvalue weighted by Gasteiger charge is 2.40. The van der Waals surface area contributed by atoms with Crippen LogP contribution in [-0.4, -0.2) is 40.9 Å². The second-order valence-corrected chi connectivity index (χ2v) is 8.35. The fourth-order valence-corrected chi connectivity index (χ4v) is 2.33. The van der Waals surface area contributed by atoms with Crippen LogP contribution < -0.4 is 5.32 Å². The van der Waals surface area contributed by atoms with Gasteiger partial charge >= 0.3 is 12.2 Å². The zero-order valence-corrected chi connectivity index (χ0v) is 17.4. The van der Waals surface area contributed by atoms with E-state index in [0.717, 1.165) is 5.56 Å². The second kappa shape index (κ2) is 8.73. The number of ether oxygens (including phenoxy) is 2. The molecule has 0 aliphatic carbocycles. The molecule has 0 saturated carbocycles. The predicted molar refractivity (Wildman–Crippen MR) is 103 cm³/mol. The number of nitrogens with zero attached hydrogens (tertiary/aromatic N) is 1. The van der Waals surface area contributed by atoms with Crippen molar-refractivity contribution in [2.75, 3.05) is 12.4 Å². The Morgan fingerprint density at radius 2 is 1.77 bits per heavy atom. The highest BCUT2D eigenvalue weighted by atomic mass is 35.5. The lowest BCUT2D eigenvalue weighted by atomic mass is 10.1. The van der Waals surface area contributed by atoms with Crippen LogP contribution >= 0.6 is 11.6 Å². The highest BCUT2D eigenvalue weighted by Crippen LogP contribution is 2.26. The molecule has 1 rings (SSSR count). The summed E-state index contributed by atoms with van der Waals surface area (Å²) in [5, 5.41) is 2.68. The van der Waals surface area contributed by atoms with Crippen molar-refractivity contribution in [3.05, 3.63) is 29.8 Å². The Morgan fingerprint density at radius 3 is 2.27 bits per heavy atom. The van der Waals surface area contributed by atoms with E-state index in [0.29, 0.717) is 12.2 Å². The quantitative estimate of drug-likeness (QED) is 0.565. The number of anilines is 1. The average molecular weight is 386 g/mol. The van der Waals surface area contributed by atoms with E-state index in [1.165, 1.54) is 0 Å². The number of quaternary nitrogens is 1. The van der Waals surface area contributed by atoms with E-state index in [9.17, 15) is 9.59 Å². The largest absolute Gasteiger partial charge is 0.516 e. The fraction of sp³-hybridized carbons (Fsp3) is 0.579. The number of carbonyl (C=O) groups is 2. The van der Waals surface area contributed by atoms with Gasteiger partial charge in [-0.2, -0.15) is 4.79 Å². The van der Waals surface area contributed by atoms with Gasteiger partial charge in [0, 0.05) is 5.56 Å². The molecule has 146 valence electrons. The molecule has 1 aromatic rings. The van der Waals surface area contributed by atoms with E-state index < -0.39 is 17.3 Å². The van der Waals surface area contributed by atoms with Crippen LogP contribution in [0.2, 0.25) is 0 Å². The number of rotatable bonds is 5. The lowest BCUT2D eigenvalue weighted by molar-refractivity contribution is -0.873. The summed E-state index contributed by atoms with van der Waals surface area (Å²) in [5.41, 5.74) is 0.0570. The van der Waals surface area contributed by atoms with E-state index in [2.05, 4.69) is 5.32 Å². The van der Waals surface area contributed by atoms with Gasteiger partial charge in [0.15, 0.2) is 5.56 Å². The predicted octanol–water partition coefficient (Wildman–Crippen LogP) is 5.11. The van der Waals surface area contributed by atoms with Gasteiger partial charge in [-0.3, -0.25) is 5.32 Å². The molecule has 0 fully saturated rings. The van der Waals surface area contributed by atoms with Gasteiger partial charge in [0.25, 0.3) is 0 Å². The van der Waals surface area contributed by atoms with Crippen LogP contribution in [0.1, 0.15) is 47.1 Å². The standard InChI is InChI=1S/C19H29ClN2O4/c1-13(2)22(7,18(24)26-19(4,5)6)12-15-10-8-9-11-16(15)21-17(23)25-14(3)20/h8-11,13-14H,12H2,1-7H3/p+1. The molecule has 0 aromatic heterocycles. The maximum Gasteiger partial charge on any atom is 0.516 e. The van der Waals surface area contributed by atoms with Crippen molar-refractivity contribution in [2.45, 2.75) is 65.3 Å². The SMILES string of the molecule is CC(Cl)OC(=O)Nc1ccccc1C[N+](C)(C(=O)OC(C)(C)C)C(C)C. The minimum atomic E-state index is -0.736. The molecule has 1 N–H and O–H groups in total. The topological polar surface area (TPSA) is 64.6 Å². The molecule has 0 bridgehead atoms. The van der Waals surface area contributed by atoms with Crippen molar-refractivity contribution in [2.24, 2.45) is 0 Å². The van der Waals surface area contributed by atoms with E-state index in [4.69, 9.17) is 21.1 Å². The molecule has 2 amide bonds. The lowest BCUT2D eigenvalue weighted by Gasteiger charge is -2.36. The maximum atomic E-state index is 12.8. The molecule has 0 spiro atoms. The molecule has 0 radical (unpaired) electrons. The Kier molecular flexibility index (Phi) is 7.47. The van der Waals surface area contributed by atoms with Gasteiger partial charge in [0.05, 0.1) is 18.8 Å². The van der Waals surface area contributed by atoms with Crippen molar-refractivity contribution in [3.63, 3.8) is 0 Å². The fourth-order valence-electron chi connectivity index (χ4n) is 2.25. The Balaban J connectivity index is 3.10.